The number of carbonyl (C=O) groups excluding carboxylic acids is 1. The zero-order valence-electron chi connectivity index (χ0n) is 10.5. The number of carbonyl (C=O) groups is 1. The second-order valence-corrected chi connectivity index (χ2v) is 3.84. The molecule has 0 heterocycles. The number of hydrazone groups is 1. The summed E-state index contributed by atoms with van der Waals surface area (Å²) in [6.07, 6.45) is 1.58. The smallest absolute Gasteiger partial charge is 0.271 e. The molecule has 0 aromatic heterocycles. The Morgan fingerprint density at radius 3 is 2.42 bits per heavy atom. The molecule has 0 radical (unpaired) electrons. The molecule has 1 N–H and O–H groups in total. The van der Waals surface area contributed by atoms with Gasteiger partial charge in [0, 0.05) is 5.56 Å². The Bertz CT molecular complexity index is 562. The molecule has 0 spiro atoms. The topological polar surface area (TPSA) is 50.7 Å². The Kier molecular flexibility index (Phi) is 4.29. The van der Waals surface area contributed by atoms with Crippen LogP contribution in [-0.2, 0) is 0 Å². The lowest BCUT2D eigenvalue weighted by Gasteiger charge is -2.00. The van der Waals surface area contributed by atoms with Crippen molar-refractivity contribution in [2.45, 2.75) is 0 Å². The van der Waals surface area contributed by atoms with Gasteiger partial charge in [0.15, 0.2) is 0 Å². The molecule has 0 unspecified atom stereocenters. The van der Waals surface area contributed by atoms with Crippen molar-refractivity contribution in [1.82, 2.24) is 5.43 Å². The Morgan fingerprint density at radius 2 is 1.79 bits per heavy atom. The number of nitrogens with one attached hydrogen (secondary N) is 1. The van der Waals surface area contributed by atoms with Gasteiger partial charge < -0.3 is 4.74 Å². The second kappa shape index (κ2) is 6.35. The van der Waals surface area contributed by atoms with Gasteiger partial charge in [-0.1, -0.05) is 18.2 Å². The summed E-state index contributed by atoms with van der Waals surface area (Å²) in [5, 5.41) is 3.91. The molecule has 4 nitrogen and oxygen atoms in total. The molecule has 0 aliphatic heterocycles. The van der Waals surface area contributed by atoms with Crippen molar-refractivity contribution in [3.05, 3.63) is 65.7 Å². The van der Waals surface area contributed by atoms with Gasteiger partial charge in [0.05, 0.1) is 13.3 Å². The summed E-state index contributed by atoms with van der Waals surface area (Å²) in [5.41, 5.74) is 3.94. The van der Waals surface area contributed by atoms with E-state index in [2.05, 4.69) is 10.5 Å². The number of amides is 1. The predicted octanol–water partition coefficient (Wildman–Crippen LogP) is 2.46. The Hall–Kier alpha value is -2.62. The van der Waals surface area contributed by atoms with Gasteiger partial charge >= 0.3 is 0 Å². The van der Waals surface area contributed by atoms with E-state index in [0.29, 0.717) is 5.56 Å². The number of nitrogens with zero attached hydrogens (tertiary/aromatic N) is 1. The van der Waals surface area contributed by atoms with E-state index in [1.807, 2.05) is 42.5 Å². The third kappa shape index (κ3) is 3.67. The average molecular weight is 254 g/mol. The number of hydrogen-bond donors (Lipinski definition) is 1. The minimum Gasteiger partial charge on any atom is -0.497 e. The van der Waals surface area contributed by atoms with Gasteiger partial charge in [0.25, 0.3) is 5.91 Å². The van der Waals surface area contributed by atoms with Crippen LogP contribution in [0.1, 0.15) is 15.9 Å². The minimum absolute atomic E-state index is 0.231. The molecule has 1 amide bonds. The number of rotatable bonds is 4. The number of hydrogen-bond acceptors (Lipinski definition) is 3. The first-order valence-corrected chi connectivity index (χ1v) is 5.82. The molecule has 0 fully saturated rings. The summed E-state index contributed by atoms with van der Waals surface area (Å²) in [5.74, 6) is 0.552. The van der Waals surface area contributed by atoms with Crippen molar-refractivity contribution in [2.75, 3.05) is 7.11 Å². The molecule has 2 aromatic rings. The zero-order chi connectivity index (χ0) is 13.5. The van der Waals surface area contributed by atoms with Crippen molar-refractivity contribution >= 4 is 12.1 Å². The fraction of sp³-hybridized carbons (Fsp3) is 0.0667. The van der Waals surface area contributed by atoms with Crippen LogP contribution in [0.25, 0.3) is 0 Å². The van der Waals surface area contributed by atoms with Gasteiger partial charge in [-0.05, 0) is 42.0 Å². The quantitative estimate of drug-likeness (QED) is 0.673. The Morgan fingerprint density at radius 1 is 1.11 bits per heavy atom. The van der Waals surface area contributed by atoms with Crippen molar-refractivity contribution in [1.29, 1.82) is 0 Å². The third-order valence-electron chi connectivity index (χ3n) is 2.53. The molecular weight excluding hydrogens is 240 g/mol. The molecule has 0 aliphatic rings. The molecule has 4 heteroatoms. The molecule has 19 heavy (non-hydrogen) atoms. The van der Waals surface area contributed by atoms with E-state index >= 15 is 0 Å². The van der Waals surface area contributed by atoms with E-state index in [1.54, 1.807) is 25.5 Å². The molecule has 0 saturated heterocycles. The summed E-state index contributed by atoms with van der Waals surface area (Å²) < 4.78 is 5.06. The Balaban J connectivity index is 1.94. The van der Waals surface area contributed by atoms with Crippen LogP contribution in [0.3, 0.4) is 0 Å². The van der Waals surface area contributed by atoms with Crippen LogP contribution in [0.4, 0.5) is 0 Å². The minimum atomic E-state index is -0.231. The summed E-state index contributed by atoms with van der Waals surface area (Å²) in [7, 11) is 1.61. The van der Waals surface area contributed by atoms with E-state index in [0.717, 1.165) is 11.3 Å². The first kappa shape index (κ1) is 12.8. The number of ether oxygens (including phenoxy) is 1. The summed E-state index contributed by atoms with van der Waals surface area (Å²) in [6, 6.07) is 16.3. The number of methoxy groups -OCH3 is 1. The van der Waals surface area contributed by atoms with E-state index < -0.39 is 0 Å². The highest BCUT2D eigenvalue weighted by Gasteiger charge is 2.01. The fourth-order valence-corrected chi connectivity index (χ4v) is 1.51. The number of benzene rings is 2. The molecule has 0 bridgehead atoms. The van der Waals surface area contributed by atoms with Gasteiger partial charge in [-0.25, -0.2) is 5.43 Å². The predicted molar refractivity (Wildman–Crippen MR) is 74.5 cm³/mol. The molecular formula is C15H14N2O2. The van der Waals surface area contributed by atoms with E-state index in [9.17, 15) is 4.79 Å². The van der Waals surface area contributed by atoms with Crippen molar-refractivity contribution < 1.29 is 9.53 Å². The highest BCUT2D eigenvalue weighted by molar-refractivity contribution is 5.94. The maximum atomic E-state index is 11.7. The van der Waals surface area contributed by atoms with Crippen LogP contribution >= 0.6 is 0 Å². The van der Waals surface area contributed by atoms with E-state index in [1.165, 1.54) is 0 Å². The van der Waals surface area contributed by atoms with Crippen LogP contribution in [0, 0.1) is 0 Å². The average Bonchev–Trinajstić information content (AvgIpc) is 2.49. The standard InChI is InChI=1S/C15H14N2O2/c1-19-14-9-7-12(8-10-14)11-16-17-15(18)13-5-3-2-4-6-13/h2-11H,1H3,(H,17,18)/b16-11-. The largest absolute Gasteiger partial charge is 0.497 e. The Labute approximate surface area is 111 Å². The zero-order valence-corrected chi connectivity index (χ0v) is 10.5. The van der Waals surface area contributed by atoms with Crippen molar-refractivity contribution in [3.63, 3.8) is 0 Å². The molecule has 96 valence electrons. The first-order valence-electron chi connectivity index (χ1n) is 5.82. The summed E-state index contributed by atoms with van der Waals surface area (Å²) >= 11 is 0. The second-order valence-electron chi connectivity index (χ2n) is 3.84. The highest BCUT2D eigenvalue weighted by Crippen LogP contribution is 2.09. The van der Waals surface area contributed by atoms with Gasteiger partial charge in [-0.3, -0.25) is 4.79 Å². The van der Waals surface area contributed by atoms with Crippen LogP contribution in [-0.4, -0.2) is 19.2 Å². The van der Waals surface area contributed by atoms with E-state index in [4.69, 9.17) is 4.74 Å². The molecule has 2 aromatic carbocycles. The molecule has 0 atom stereocenters. The third-order valence-corrected chi connectivity index (χ3v) is 2.53. The summed E-state index contributed by atoms with van der Waals surface area (Å²) in [4.78, 5) is 11.7. The van der Waals surface area contributed by atoms with Gasteiger partial charge in [0.2, 0.25) is 0 Å². The van der Waals surface area contributed by atoms with Crippen molar-refractivity contribution in [3.8, 4) is 5.75 Å². The normalized spacial score (nSPS) is 10.4. The first-order chi connectivity index (χ1) is 9.29. The fourth-order valence-electron chi connectivity index (χ4n) is 1.51. The van der Waals surface area contributed by atoms with Gasteiger partial charge in [-0.15, -0.1) is 0 Å². The van der Waals surface area contributed by atoms with Crippen LogP contribution < -0.4 is 10.2 Å². The van der Waals surface area contributed by atoms with Crippen molar-refractivity contribution in [2.24, 2.45) is 5.10 Å². The van der Waals surface area contributed by atoms with Gasteiger partial charge in [-0.2, -0.15) is 5.10 Å². The maximum Gasteiger partial charge on any atom is 0.271 e. The molecule has 0 aliphatic carbocycles. The van der Waals surface area contributed by atoms with Crippen LogP contribution in [0.5, 0.6) is 5.75 Å². The maximum absolute atomic E-state index is 11.7. The van der Waals surface area contributed by atoms with E-state index in [-0.39, 0.29) is 5.91 Å². The highest BCUT2D eigenvalue weighted by atomic mass is 16.5. The SMILES string of the molecule is COc1ccc(/C=N\NC(=O)c2ccccc2)cc1. The lowest BCUT2D eigenvalue weighted by Crippen LogP contribution is -2.17. The lowest BCUT2D eigenvalue weighted by atomic mass is 10.2. The summed E-state index contributed by atoms with van der Waals surface area (Å²) in [6.45, 7) is 0. The lowest BCUT2D eigenvalue weighted by molar-refractivity contribution is 0.0955. The van der Waals surface area contributed by atoms with Crippen LogP contribution in [0.2, 0.25) is 0 Å². The molecule has 0 saturated carbocycles. The van der Waals surface area contributed by atoms with Gasteiger partial charge in [0.1, 0.15) is 5.75 Å². The molecule has 2 rings (SSSR count). The van der Waals surface area contributed by atoms with Crippen LogP contribution in [0.15, 0.2) is 59.7 Å². The monoisotopic (exact) mass is 254 g/mol.